The van der Waals surface area contributed by atoms with E-state index in [1.807, 2.05) is 56.4 Å². The van der Waals surface area contributed by atoms with Gasteiger partial charge in [-0.25, -0.2) is 13.1 Å². The molecule has 0 atom stereocenters. The first kappa shape index (κ1) is 23.3. The van der Waals surface area contributed by atoms with Crippen LogP contribution in [0.15, 0.2) is 90.1 Å². The molecule has 1 heterocycles. The molecule has 174 valence electrons. The number of rotatable bonds is 7. The number of hydrogen-bond donors (Lipinski definition) is 1. The highest BCUT2D eigenvalue weighted by atomic mass is 32.2. The zero-order chi connectivity index (χ0) is 24.3. The van der Waals surface area contributed by atoms with Gasteiger partial charge in [0.05, 0.1) is 22.5 Å². The number of nitrogens with one attached hydrogen (secondary N) is 1. The lowest BCUT2D eigenvalue weighted by Crippen LogP contribution is -2.26. The predicted octanol–water partition coefficient (Wildman–Crippen LogP) is 4.56. The van der Waals surface area contributed by atoms with Gasteiger partial charge >= 0.3 is 0 Å². The largest absolute Gasteiger partial charge is 0.337 e. The van der Waals surface area contributed by atoms with Crippen LogP contribution in [0.1, 0.15) is 27.0 Å². The number of carbonyl (C=O) groups excluding carboxylic acids is 1. The second-order valence-corrected chi connectivity index (χ2v) is 9.85. The van der Waals surface area contributed by atoms with E-state index >= 15 is 0 Å². The standard InChI is InChI=1S/C26H26N4O3S/c1-19-8-7-11-25(20(19)2)28-34(32,33)24-14-12-22(13-15-24)26(31)29(3)17-21-16-27-30(18-21)23-9-5-4-6-10-23/h4-16,18,28H,17H2,1-3H3. The van der Waals surface area contributed by atoms with Gasteiger partial charge in [0, 0.05) is 30.9 Å². The molecule has 34 heavy (non-hydrogen) atoms. The van der Waals surface area contributed by atoms with Crippen molar-refractivity contribution in [2.24, 2.45) is 0 Å². The smallest absolute Gasteiger partial charge is 0.261 e. The Bertz CT molecular complexity index is 1410. The van der Waals surface area contributed by atoms with E-state index in [0.29, 0.717) is 17.8 Å². The van der Waals surface area contributed by atoms with Gasteiger partial charge in [-0.15, -0.1) is 0 Å². The molecule has 0 saturated carbocycles. The molecule has 0 spiro atoms. The highest BCUT2D eigenvalue weighted by molar-refractivity contribution is 7.92. The lowest BCUT2D eigenvalue weighted by atomic mass is 10.1. The Labute approximate surface area is 199 Å². The van der Waals surface area contributed by atoms with E-state index in [1.165, 1.54) is 24.3 Å². The molecule has 1 N–H and O–H groups in total. The number of carbonyl (C=O) groups is 1. The van der Waals surface area contributed by atoms with Crippen molar-refractivity contribution < 1.29 is 13.2 Å². The minimum absolute atomic E-state index is 0.0942. The zero-order valence-corrected chi connectivity index (χ0v) is 20.1. The van der Waals surface area contributed by atoms with Gasteiger partial charge in [0.1, 0.15) is 0 Å². The fraction of sp³-hybridized carbons (Fsp3) is 0.154. The number of aromatic nitrogens is 2. The van der Waals surface area contributed by atoms with Gasteiger partial charge in [-0.1, -0.05) is 30.3 Å². The van der Waals surface area contributed by atoms with Crippen LogP contribution in [0.25, 0.3) is 5.69 Å². The third-order valence-electron chi connectivity index (χ3n) is 5.68. The van der Waals surface area contributed by atoms with Gasteiger partial charge in [-0.05, 0) is 67.4 Å². The van der Waals surface area contributed by atoms with Crippen LogP contribution in [0.3, 0.4) is 0 Å². The van der Waals surface area contributed by atoms with Crippen LogP contribution < -0.4 is 4.72 Å². The fourth-order valence-corrected chi connectivity index (χ4v) is 4.69. The lowest BCUT2D eigenvalue weighted by molar-refractivity contribution is 0.0785. The highest BCUT2D eigenvalue weighted by Gasteiger charge is 2.18. The molecule has 0 fully saturated rings. The summed E-state index contributed by atoms with van der Waals surface area (Å²) in [5, 5.41) is 4.36. The summed E-state index contributed by atoms with van der Waals surface area (Å²) in [6.07, 6.45) is 3.61. The summed E-state index contributed by atoms with van der Waals surface area (Å²) in [6, 6.07) is 21.1. The summed E-state index contributed by atoms with van der Waals surface area (Å²) >= 11 is 0. The second-order valence-electron chi connectivity index (χ2n) is 8.17. The molecular formula is C26H26N4O3S. The molecule has 0 aliphatic heterocycles. The average molecular weight is 475 g/mol. The molecule has 3 aromatic carbocycles. The van der Waals surface area contributed by atoms with E-state index in [9.17, 15) is 13.2 Å². The van der Waals surface area contributed by atoms with E-state index in [4.69, 9.17) is 0 Å². The number of nitrogens with zero attached hydrogens (tertiary/aromatic N) is 3. The normalized spacial score (nSPS) is 11.3. The van der Waals surface area contributed by atoms with Crippen molar-refractivity contribution in [1.29, 1.82) is 0 Å². The van der Waals surface area contributed by atoms with Crippen LogP contribution in [0.4, 0.5) is 5.69 Å². The van der Waals surface area contributed by atoms with Crippen LogP contribution >= 0.6 is 0 Å². The van der Waals surface area contributed by atoms with Gasteiger partial charge in [0.15, 0.2) is 0 Å². The van der Waals surface area contributed by atoms with Crippen molar-refractivity contribution in [2.45, 2.75) is 25.3 Å². The first-order valence-corrected chi connectivity index (χ1v) is 12.3. The fourth-order valence-electron chi connectivity index (χ4n) is 3.57. The quantitative estimate of drug-likeness (QED) is 0.426. The molecule has 0 radical (unpaired) electrons. The Balaban J connectivity index is 1.44. The van der Waals surface area contributed by atoms with Crippen LogP contribution in [-0.2, 0) is 16.6 Å². The highest BCUT2D eigenvalue weighted by Crippen LogP contribution is 2.22. The van der Waals surface area contributed by atoms with Gasteiger partial charge in [-0.3, -0.25) is 9.52 Å². The van der Waals surface area contributed by atoms with Crippen molar-refractivity contribution in [3.05, 3.63) is 107 Å². The maximum Gasteiger partial charge on any atom is 0.261 e. The summed E-state index contributed by atoms with van der Waals surface area (Å²) in [7, 11) is -2.07. The molecule has 4 aromatic rings. The number of aryl methyl sites for hydroxylation is 1. The number of para-hydroxylation sites is 1. The number of benzene rings is 3. The zero-order valence-electron chi connectivity index (χ0n) is 19.3. The number of amides is 1. The third-order valence-corrected chi connectivity index (χ3v) is 7.07. The summed E-state index contributed by atoms with van der Waals surface area (Å²) < 4.78 is 30.0. The molecule has 0 aliphatic rings. The Hall–Kier alpha value is -3.91. The molecule has 1 aromatic heterocycles. The van der Waals surface area contributed by atoms with Crippen molar-refractivity contribution >= 4 is 21.6 Å². The molecule has 0 aliphatic carbocycles. The third kappa shape index (κ3) is 5.02. The molecule has 8 heteroatoms. The Kier molecular flexibility index (Phi) is 6.51. The molecule has 4 rings (SSSR count). The summed E-state index contributed by atoms with van der Waals surface area (Å²) in [4.78, 5) is 14.6. The van der Waals surface area contributed by atoms with E-state index in [1.54, 1.807) is 35.0 Å². The molecular weight excluding hydrogens is 448 g/mol. The van der Waals surface area contributed by atoms with Crippen LogP contribution in [0.2, 0.25) is 0 Å². The van der Waals surface area contributed by atoms with Crippen LogP contribution in [0.5, 0.6) is 0 Å². The Morgan fingerprint density at radius 3 is 2.38 bits per heavy atom. The Morgan fingerprint density at radius 2 is 1.68 bits per heavy atom. The minimum Gasteiger partial charge on any atom is -0.337 e. The average Bonchev–Trinajstić information content (AvgIpc) is 3.30. The maximum absolute atomic E-state index is 12.9. The molecule has 0 saturated heterocycles. The van der Waals surface area contributed by atoms with Crippen molar-refractivity contribution in [1.82, 2.24) is 14.7 Å². The van der Waals surface area contributed by atoms with E-state index < -0.39 is 10.0 Å². The van der Waals surface area contributed by atoms with E-state index in [2.05, 4.69) is 9.82 Å². The topological polar surface area (TPSA) is 84.3 Å². The van der Waals surface area contributed by atoms with Crippen molar-refractivity contribution in [3.63, 3.8) is 0 Å². The summed E-state index contributed by atoms with van der Waals surface area (Å²) in [6.45, 7) is 4.17. The molecule has 7 nitrogen and oxygen atoms in total. The Morgan fingerprint density at radius 1 is 0.971 bits per heavy atom. The minimum atomic E-state index is -3.77. The summed E-state index contributed by atoms with van der Waals surface area (Å²) in [5.74, 6) is -0.209. The van der Waals surface area contributed by atoms with Gasteiger partial charge in [0.25, 0.3) is 15.9 Å². The molecule has 1 amide bonds. The molecule has 0 bridgehead atoms. The maximum atomic E-state index is 12.9. The van der Waals surface area contributed by atoms with Crippen LogP contribution in [0, 0.1) is 13.8 Å². The van der Waals surface area contributed by atoms with E-state index in [-0.39, 0.29) is 10.8 Å². The second kappa shape index (κ2) is 9.52. The number of sulfonamides is 1. The first-order chi connectivity index (χ1) is 16.2. The monoisotopic (exact) mass is 474 g/mol. The van der Waals surface area contributed by atoms with Crippen LogP contribution in [-0.4, -0.2) is 36.1 Å². The summed E-state index contributed by atoms with van der Waals surface area (Å²) in [5.41, 5.74) is 4.64. The lowest BCUT2D eigenvalue weighted by Gasteiger charge is -2.17. The van der Waals surface area contributed by atoms with Gasteiger partial charge in [0.2, 0.25) is 0 Å². The number of hydrogen-bond acceptors (Lipinski definition) is 4. The first-order valence-electron chi connectivity index (χ1n) is 10.8. The van der Waals surface area contributed by atoms with Crippen molar-refractivity contribution in [3.8, 4) is 5.69 Å². The number of anilines is 1. The SMILES string of the molecule is Cc1cccc(NS(=O)(=O)c2ccc(C(=O)N(C)Cc3cnn(-c4ccccc4)c3)cc2)c1C. The van der Waals surface area contributed by atoms with E-state index in [0.717, 1.165) is 22.4 Å². The van der Waals surface area contributed by atoms with Gasteiger partial charge < -0.3 is 4.90 Å². The van der Waals surface area contributed by atoms with Gasteiger partial charge in [-0.2, -0.15) is 5.10 Å². The molecule has 0 unspecified atom stereocenters. The predicted molar refractivity (Wildman–Crippen MR) is 133 cm³/mol. The van der Waals surface area contributed by atoms with Crippen molar-refractivity contribution in [2.75, 3.05) is 11.8 Å².